The minimum absolute atomic E-state index is 0.0357. The normalized spacial score (nSPS) is 16.0. The van der Waals surface area contributed by atoms with Gasteiger partial charge in [-0.25, -0.2) is 18.5 Å². The van der Waals surface area contributed by atoms with Crippen LogP contribution in [0.15, 0.2) is 53.4 Å². The Morgan fingerprint density at radius 1 is 1.06 bits per heavy atom. The summed E-state index contributed by atoms with van der Waals surface area (Å²) < 4.78 is 23.3. The lowest BCUT2D eigenvalue weighted by molar-refractivity contribution is 0.177. The number of anilines is 3. The number of sulfonamides is 1. The van der Waals surface area contributed by atoms with Crippen molar-refractivity contribution >= 4 is 38.4 Å². The fraction of sp³-hybridized carbons (Fsp3) is 0.364. The van der Waals surface area contributed by atoms with Crippen molar-refractivity contribution in [3.8, 4) is 0 Å². The second kappa shape index (κ2) is 8.78. The molecular formula is C22H28N6O2S. The highest BCUT2D eigenvalue weighted by molar-refractivity contribution is 7.89. The van der Waals surface area contributed by atoms with E-state index in [-0.39, 0.29) is 4.90 Å². The van der Waals surface area contributed by atoms with E-state index in [1.54, 1.807) is 12.1 Å². The third-order valence-corrected chi connectivity index (χ3v) is 6.53. The lowest BCUT2D eigenvalue weighted by Gasteiger charge is -2.35. The predicted octanol–water partition coefficient (Wildman–Crippen LogP) is 3.31. The topological polar surface area (TPSA) is 113 Å². The van der Waals surface area contributed by atoms with Gasteiger partial charge >= 0.3 is 0 Å². The first-order valence-electron chi connectivity index (χ1n) is 10.5. The number of likely N-dealkylation sites (tertiary alicyclic amines) is 1. The van der Waals surface area contributed by atoms with Crippen molar-refractivity contribution in [3.05, 3.63) is 48.5 Å². The summed E-state index contributed by atoms with van der Waals surface area (Å²) >= 11 is 0. The molecule has 1 saturated heterocycles. The van der Waals surface area contributed by atoms with E-state index in [9.17, 15) is 8.42 Å². The van der Waals surface area contributed by atoms with Gasteiger partial charge in [-0.05, 0) is 57.0 Å². The van der Waals surface area contributed by atoms with Crippen molar-refractivity contribution in [3.63, 3.8) is 0 Å². The molecule has 0 bridgehead atoms. The molecule has 4 N–H and O–H groups in total. The number of aromatic nitrogens is 2. The van der Waals surface area contributed by atoms with E-state index in [2.05, 4.69) is 34.4 Å². The molecule has 9 heteroatoms. The van der Waals surface area contributed by atoms with Crippen LogP contribution in [0.2, 0.25) is 0 Å². The van der Waals surface area contributed by atoms with Gasteiger partial charge < -0.3 is 15.5 Å². The molecule has 1 aliphatic rings. The Bertz CT molecular complexity index is 1170. The van der Waals surface area contributed by atoms with Crippen molar-refractivity contribution < 1.29 is 8.42 Å². The molecule has 1 fully saturated rings. The smallest absolute Gasteiger partial charge is 0.238 e. The molecule has 2 heterocycles. The highest BCUT2D eigenvalue weighted by atomic mass is 32.2. The summed E-state index contributed by atoms with van der Waals surface area (Å²) in [5, 5.41) is 12.9. The van der Waals surface area contributed by atoms with Crippen LogP contribution in [0.3, 0.4) is 0 Å². The van der Waals surface area contributed by atoms with Gasteiger partial charge in [-0.15, -0.1) is 0 Å². The van der Waals surface area contributed by atoms with Crippen molar-refractivity contribution in [2.45, 2.75) is 43.7 Å². The number of fused-ring (bicyclic) bond motifs is 1. The number of benzene rings is 2. The van der Waals surface area contributed by atoms with E-state index in [1.807, 2.05) is 24.3 Å². The third kappa shape index (κ3) is 5.12. The largest absolute Gasteiger partial charge is 0.367 e. The average Bonchev–Trinajstić information content (AvgIpc) is 2.74. The number of primary sulfonamides is 1. The Morgan fingerprint density at radius 3 is 2.52 bits per heavy atom. The molecule has 1 aliphatic heterocycles. The van der Waals surface area contributed by atoms with Gasteiger partial charge in [0.05, 0.1) is 10.4 Å². The van der Waals surface area contributed by atoms with Gasteiger partial charge in [0.2, 0.25) is 16.0 Å². The number of hydrogen-bond acceptors (Lipinski definition) is 7. The number of para-hydroxylation sites is 1. The highest BCUT2D eigenvalue weighted by Gasteiger charge is 2.22. The number of nitrogens with two attached hydrogens (primary N) is 1. The number of piperidine rings is 1. The van der Waals surface area contributed by atoms with Crippen molar-refractivity contribution in [2.24, 2.45) is 5.14 Å². The zero-order chi connectivity index (χ0) is 22.0. The summed E-state index contributed by atoms with van der Waals surface area (Å²) in [7, 11) is -3.79. The highest BCUT2D eigenvalue weighted by Crippen LogP contribution is 2.26. The molecule has 2 aromatic carbocycles. The summed E-state index contributed by atoms with van der Waals surface area (Å²) in [6, 6.07) is 15.1. The van der Waals surface area contributed by atoms with Gasteiger partial charge in [0.1, 0.15) is 5.82 Å². The maximum atomic E-state index is 11.7. The number of rotatable bonds is 6. The lowest BCUT2D eigenvalue weighted by atomic mass is 10.0. The minimum Gasteiger partial charge on any atom is -0.367 e. The SMILES string of the molecule is CC(C)N1CCC(Nc2nc(Nc3cccc(S(N)(=O)=O)c3)nc3ccccc23)CC1. The molecule has 1 aromatic heterocycles. The Kier molecular flexibility index (Phi) is 6.08. The molecule has 31 heavy (non-hydrogen) atoms. The summed E-state index contributed by atoms with van der Waals surface area (Å²) in [6.07, 6.45) is 2.10. The molecule has 164 valence electrons. The van der Waals surface area contributed by atoms with Crippen LogP contribution in [0.1, 0.15) is 26.7 Å². The Labute approximate surface area is 182 Å². The quantitative estimate of drug-likeness (QED) is 0.539. The molecule has 0 amide bonds. The van der Waals surface area contributed by atoms with Crippen LogP contribution in [-0.2, 0) is 10.0 Å². The predicted molar refractivity (Wildman–Crippen MR) is 124 cm³/mol. The summed E-state index contributed by atoms with van der Waals surface area (Å²) in [6.45, 7) is 6.58. The number of hydrogen-bond donors (Lipinski definition) is 3. The zero-order valence-corrected chi connectivity index (χ0v) is 18.6. The van der Waals surface area contributed by atoms with Gasteiger partial charge in [0, 0.05) is 36.2 Å². The van der Waals surface area contributed by atoms with E-state index < -0.39 is 10.0 Å². The van der Waals surface area contributed by atoms with Gasteiger partial charge in [0.25, 0.3) is 0 Å². The molecule has 0 spiro atoms. The number of nitrogens with zero attached hydrogens (tertiary/aromatic N) is 3. The van der Waals surface area contributed by atoms with E-state index >= 15 is 0 Å². The Hall–Kier alpha value is -2.75. The van der Waals surface area contributed by atoms with Crippen LogP contribution in [0, 0.1) is 0 Å². The third-order valence-electron chi connectivity index (χ3n) is 5.62. The average molecular weight is 441 g/mol. The van der Waals surface area contributed by atoms with Crippen LogP contribution in [0.25, 0.3) is 10.9 Å². The monoisotopic (exact) mass is 440 g/mol. The van der Waals surface area contributed by atoms with Crippen molar-refractivity contribution in [1.29, 1.82) is 0 Å². The standard InChI is InChI=1S/C22H28N6O2S/c1-15(2)28-12-10-16(11-13-28)24-21-19-8-3-4-9-20(19)26-22(27-21)25-17-6-5-7-18(14-17)31(23,29)30/h3-9,14-16H,10-13H2,1-2H3,(H2,23,29,30)(H2,24,25,26,27). The minimum atomic E-state index is -3.79. The molecule has 8 nitrogen and oxygen atoms in total. The van der Waals surface area contributed by atoms with Crippen molar-refractivity contribution in [1.82, 2.24) is 14.9 Å². The molecule has 0 aliphatic carbocycles. The van der Waals surface area contributed by atoms with Gasteiger partial charge in [-0.2, -0.15) is 4.98 Å². The van der Waals surface area contributed by atoms with E-state index in [0.29, 0.717) is 23.7 Å². The first-order chi connectivity index (χ1) is 14.8. The number of nitrogens with one attached hydrogen (secondary N) is 2. The Balaban J connectivity index is 1.60. The fourth-order valence-corrected chi connectivity index (χ4v) is 4.44. The molecule has 0 radical (unpaired) electrons. The maximum absolute atomic E-state index is 11.7. The maximum Gasteiger partial charge on any atom is 0.238 e. The van der Waals surface area contributed by atoms with E-state index in [4.69, 9.17) is 10.1 Å². The zero-order valence-electron chi connectivity index (χ0n) is 17.7. The van der Waals surface area contributed by atoms with Crippen LogP contribution in [0.4, 0.5) is 17.5 Å². The van der Waals surface area contributed by atoms with E-state index in [0.717, 1.165) is 42.7 Å². The van der Waals surface area contributed by atoms with Crippen molar-refractivity contribution in [2.75, 3.05) is 23.7 Å². The summed E-state index contributed by atoms with van der Waals surface area (Å²) in [5.74, 6) is 1.17. The summed E-state index contributed by atoms with van der Waals surface area (Å²) in [4.78, 5) is 11.8. The Morgan fingerprint density at radius 2 is 1.81 bits per heavy atom. The molecule has 0 atom stereocenters. The molecule has 3 aromatic rings. The van der Waals surface area contributed by atoms with Crippen LogP contribution < -0.4 is 15.8 Å². The lowest BCUT2D eigenvalue weighted by Crippen LogP contribution is -2.42. The van der Waals surface area contributed by atoms with Crippen LogP contribution in [-0.4, -0.2) is 48.5 Å². The van der Waals surface area contributed by atoms with Gasteiger partial charge in [-0.1, -0.05) is 18.2 Å². The van der Waals surface area contributed by atoms with Crippen LogP contribution in [0.5, 0.6) is 0 Å². The molecule has 0 saturated carbocycles. The summed E-state index contributed by atoms with van der Waals surface area (Å²) in [5.41, 5.74) is 1.36. The van der Waals surface area contributed by atoms with Gasteiger partial charge in [0.15, 0.2) is 0 Å². The molecule has 4 rings (SSSR count). The molecule has 0 unspecified atom stereocenters. The first kappa shape index (κ1) is 21.5. The fourth-order valence-electron chi connectivity index (χ4n) is 3.88. The van der Waals surface area contributed by atoms with Crippen LogP contribution >= 0.6 is 0 Å². The first-order valence-corrected chi connectivity index (χ1v) is 12.0. The molecular weight excluding hydrogens is 412 g/mol. The second-order valence-electron chi connectivity index (χ2n) is 8.16. The van der Waals surface area contributed by atoms with E-state index in [1.165, 1.54) is 12.1 Å². The second-order valence-corrected chi connectivity index (χ2v) is 9.72. The van der Waals surface area contributed by atoms with Gasteiger partial charge in [-0.3, -0.25) is 0 Å².